The van der Waals surface area contributed by atoms with Gasteiger partial charge in [-0.15, -0.1) is 0 Å². The average Bonchev–Trinajstić information content (AvgIpc) is 3.01. The number of carbonyl (C=O) groups excluding carboxylic acids is 2. The molecule has 0 fully saturated rings. The lowest BCUT2D eigenvalue weighted by molar-refractivity contribution is -0.125. The van der Waals surface area contributed by atoms with Gasteiger partial charge in [-0.05, 0) is 49.1 Å². The van der Waals surface area contributed by atoms with Gasteiger partial charge in [0.05, 0.1) is 0 Å². The molecule has 0 spiro atoms. The third kappa shape index (κ3) is 4.16. The van der Waals surface area contributed by atoms with Crippen LogP contribution >= 0.6 is 0 Å². The van der Waals surface area contributed by atoms with Crippen LogP contribution in [-0.2, 0) is 29.0 Å². The van der Waals surface area contributed by atoms with Gasteiger partial charge in [0.15, 0.2) is 0 Å². The van der Waals surface area contributed by atoms with Crippen molar-refractivity contribution in [2.75, 3.05) is 12.4 Å². The molecule has 2 amide bonds. The van der Waals surface area contributed by atoms with Crippen LogP contribution in [0.15, 0.2) is 36.5 Å². The van der Waals surface area contributed by atoms with Crippen LogP contribution in [0.2, 0.25) is 0 Å². The Morgan fingerprint density at radius 1 is 1.31 bits per heavy atom. The van der Waals surface area contributed by atoms with Crippen LogP contribution in [0.1, 0.15) is 42.5 Å². The number of benzene rings is 1. The van der Waals surface area contributed by atoms with Crippen molar-refractivity contribution in [2.45, 2.75) is 45.3 Å². The summed E-state index contributed by atoms with van der Waals surface area (Å²) in [4.78, 5) is 30.0. The predicted molar refractivity (Wildman–Crippen MR) is 112 cm³/mol. The minimum Gasteiger partial charge on any atom is -0.487 e. The zero-order chi connectivity index (χ0) is 20.6. The number of ether oxygens (including phenoxy) is 1. The van der Waals surface area contributed by atoms with Crippen molar-refractivity contribution in [1.82, 2.24) is 9.88 Å². The number of amides is 2. The zero-order valence-corrected chi connectivity index (χ0v) is 17.0. The Hall–Kier alpha value is -3.15. The molecule has 2 aromatic rings. The Kier molecular flexibility index (Phi) is 4.86. The van der Waals surface area contributed by atoms with E-state index in [1.807, 2.05) is 18.2 Å². The molecule has 2 aliphatic rings. The molecule has 0 radical (unpaired) electrons. The second-order valence-corrected chi connectivity index (χ2v) is 8.30. The van der Waals surface area contributed by atoms with Gasteiger partial charge in [-0.1, -0.05) is 18.2 Å². The van der Waals surface area contributed by atoms with Crippen molar-refractivity contribution in [3.63, 3.8) is 0 Å². The summed E-state index contributed by atoms with van der Waals surface area (Å²) in [6, 6.07) is 8.08. The van der Waals surface area contributed by atoms with E-state index in [0.717, 1.165) is 28.9 Å². The Balaban J connectivity index is 1.43. The Labute approximate surface area is 170 Å². The van der Waals surface area contributed by atoms with E-state index in [-0.39, 0.29) is 17.4 Å². The summed E-state index contributed by atoms with van der Waals surface area (Å²) in [5.74, 6) is 1.42. The highest BCUT2D eigenvalue weighted by molar-refractivity contribution is 5.93. The Morgan fingerprint density at radius 3 is 2.97 bits per heavy atom. The van der Waals surface area contributed by atoms with E-state index in [1.165, 1.54) is 5.56 Å². The minimum atomic E-state index is -0.208. The number of pyridine rings is 1. The van der Waals surface area contributed by atoms with E-state index in [2.05, 4.69) is 30.2 Å². The fraction of sp³-hybridized carbons (Fsp3) is 0.348. The number of nitrogens with zero attached hydrogens (tertiary/aromatic N) is 2. The Bertz CT molecular complexity index is 1010. The first-order valence-electron chi connectivity index (χ1n) is 9.82. The minimum absolute atomic E-state index is 0.00939. The third-order valence-corrected chi connectivity index (χ3v) is 5.24. The van der Waals surface area contributed by atoms with Crippen LogP contribution in [0.25, 0.3) is 6.08 Å². The molecule has 2 aliphatic heterocycles. The monoisotopic (exact) mass is 391 g/mol. The number of likely N-dealkylation sites (N-methyl/N-ethyl adjacent to an activating group) is 1. The summed E-state index contributed by atoms with van der Waals surface area (Å²) in [6.07, 6.45) is 6.98. The molecule has 0 atom stereocenters. The first kappa shape index (κ1) is 19.2. The lowest BCUT2D eigenvalue weighted by Gasteiger charge is -2.20. The molecule has 1 aromatic carbocycles. The first-order chi connectivity index (χ1) is 13.8. The van der Waals surface area contributed by atoms with Gasteiger partial charge < -0.3 is 15.0 Å². The summed E-state index contributed by atoms with van der Waals surface area (Å²) in [5, 5.41) is 2.76. The summed E-state index contributed by atoms with van der Waals surface area (Å²) in [5.41, 5.74) is 3.83. The number of para-hydroxylation sites is 1. The van der Waals surface area contributed by atoms with Gasteiger partial charge in [-0.25, -0.2) is 4.98 Å². The second-order valence-electron chi connectivity index (χ2n) is 8.30. The molecule has 1 aromatic heterocycles. The van der Waals surface area contributed by atoms with Gasteiger partial charge in [0, 0.05) is 44.3 Å². The number of hydrogen-bond acceptors (Lipinski definition) is 4. The van der Waals surface area contributed by atoms with Gasteiger partial charge in [-0.3, -0.25) is 9.59 Å². The maximum atomic E-state index is 12.6. The highest BCUT2D eigenvalue weighted by Gasteiger charge is 2.31. The van der Waals surface area contributed by atoms with E-state index in [4.69, 9.17) is 4.74 Å². The van der Waals surface area contributed by atoms with E-state index in [9.17, 15) is 9.59 Å². The Morgan fingerprint density at radius 2 is 2.14 bits per heavy atom. The maximum absolute atomic E-state index is 12.6. The van der Waals surface area contributed by atoms with Crippen LogP contribution in [-0.4, -0.2) is 34.3 Å². The molecule has 4 rings (SSSR count). The van der Waals surface area contributed by atoms with Crippen LogP contribution in [0, 0.1) is 0 Å². The number of hydrogen-bond donors (Lipinski definition) is 1. The van der Waals surface area contributed by atoms with Crippen LogP contribution in [0.3, 0.4) is 0 Å². The highest BCUT2D eigenvalue weighted by Crippen LogP contribution is 2.37. The first-order valence-corrected chi connectivity index (χ1v) is 9.82. The summed E-state index contributed by atoms with van der Waals surface area (Å²) < 4.78 is 6.10. The van der Waals surface area contributed by atoms with Gasteiger partial charge in [0.25, 0.3) is 0 Å². The second kappa shape index (κ2) is 7.35. The molecule has 6 nitrogen and oxygen atoms in total. The van der Waals surface area contributed by atoms with E-state index < -0.39 is 0 Å². The number of aryl methyl sites for hydroxylation is 1. The van der Waals surface area contributed by atoms with Crippen LogP contribution in [0.4, 0.5) is 5.82 Å². The number of fused-ring (bicyclic) bond motifs is 2. The van der Waals surface area contributed by atoms with E-state index in [0.29, 0.717) is 25.2 Å². The third-order valence-electron chi connectivity index (χ3n) is 5.24. The van der Waals surface area contributed by atoms with Crippen molar-refractivity contribution in [2.24, 2.45) is 0 Å². The molecule has 0 bridgehead atoms. The molecule has 0 saturated heterocycles. The topological polar surface area (TPSA) is 71.5 Å². The van der Waals surface area contributed by atoms with Gasteiger partial charge >= 0.3 is 0 Å². The number of carbonyl (C=O) groups is 2. The molecule has 0 aliphatic carbocycles. The average molecular weight is 391 g/mol. The number of aromatic nitrogens is 1. The van der Waals surface area contributed by atoms with Gasteiger partial charge in [0.1, 0.15) is 17.2 Å². The quantitative estimate of drug-likeness (QED) is 0.812. The molecule has 0 unspecified atom stereocenters. The molecule has 150 valence electrons. The van der Waals surface area contributed by atoms with Crippen molar-refractivity contribution < 1.29 is 14.3 Å². The number of rotatable bonds is 4. The van der Waals surface area contributed by atoms with Crippen molar-refractivity contribution in [3.05, 3.63) is 58.8 Å². The molecule has 6 heteroatoms. The van der Waals surface area contributed by atoms with E-state index >= 15 is 0 Å². The summed E-state index contributed by atoms with van der Waals surface area (Å²) in [7, 11) is 1.78. The standard InChI is InChI=1S/C23H25N3O3/c1-23(2)12-17-5-4-6-18(21(17)29-23)14-26(3)20(28)10-7-15-11-16-8-9-19(27)25-22(16)24-13-15/h4-7,10-11,13H,8-9,12,14H2,1-3H3,(H,24,25,27)/b10-7-. The van der Waals surface area contributed by atoms with Crippen molar-refractivity contribution in [1.29, 1.82) is 0 Å². The molecule has 1 N–H and O–H groups in total. The zero-order valence-electron chi connectivity index (χ0n) is 17.0. The lowest BCUT2D eigenvalue weighted by Crippen LogP contribution is -2.26. The number of nitrogens with one attached hydrogen (secondary N) is 1. The predicted octanol–water partition coefficient (Wildman–Crippen LogP) is 3.35. The summed E-state index contributed by atoms with van der Waals surface area (Å²) in [6.45, 7) is 4.63. The van der Waals surface area contributed by atoms with E-state index in [1.54, 1.807) is 30.3 Å². The fourth-order valence-electron chi connectivity index (χ4n) is 3.80. The normalized spacial score (nSPS) is 16.7. The molecular weight excluding hydrogens is 366 g/mol. The summed E-state index contributed by atoms with van der Waals surface area (Å²) >= 11 is 0. The van der Waals surface area contributed by atoms with Crippen molar-refractivity contribution in [3.8, 4) is 5.75 Å². The maximum Gasteiger partial charge on any atom is 0.246 e. The van der Waals surface area contributed by atoms with Crippen molar-refractivity contribution >= 4 is 23.7 Å². The smallest absolute Gasteiger partial charge is 0.246 e. The lowest BCUT2D eigenvalue weighted by atomic mass is 10.0. The molecule has 29 heavy (non-hydrogen) atoms. The van der Waals surface area contributed by atoms with Gasteiger partial charge in [0.2, 0.25) is 11.8 Å². The molecule has 3 heterocycles. The van der Waals surface area contributed by atoms with Gasteiger partial charge in [-0.2, -0.15) is 0 Å². The highest BCUT2D eigenvalue weighted by atomic mass is 16.5. The fourth-order valence-corrected chi connectivity index (χ4v) is 3.80. The molecule has 0 saturated carbocycles. The van der Waals surface area contributed by atoms with Crippen LogP contribution < -0.4 is 10.1 Å². The van der Waals surface area contributed by atoms with Crippen LogP contribution in [0.5, 0.6) is 5.75 Å². The number of anilines is 1. The molecular formula is C23H25N3O3. The SMILES string of the molecule is CN(Cc1cccc2c1OC(C)(C)C2)C(=O)/C=C\c1cnc2c(c1)CCC(=O)N2. The largest absolute Gasteiger partial charge is 0.487 e.